The Kier molecular flexibility index (Phi) is 16.1. The van der Waals surface area contributed by atoms with Crippen molar-refractivity contribution in [1.29, 1.82) is 0 Å². The van der Waals surface area contributed by atoms with Gasteiger partial charge in [0.15, 0.2) is 0 Å². The van der Waals surface area contributed by atoms with Crippen molar-refractivity contribution in [3.63, 3.8) is 0 Å². The largest absolute Gasteiger partial charge is 0.494 e. The molecule has 4 N–H and O–H groups in total. The van der Waals surface area contributed by atoms with Crippen LogP contribution in [0.1, 0.15) is 96.1 Å². The van der Waals surface area contributed by atoms with Crippen molar-refractivity contribution in [1.82, 2.24) is 21.3 Å². The van der Waals surface area contributed by atoms with E-state index in [4.69, 9.17) is 4.74 Å². The summed E-state index contributed by atoms with van der Waals surface area (Å²) in [5.74, 6) is 0.302. The third-order valence-electron chi connectivity index (χ3n) is 8.60. The number of hydrogen-bond donors (Lipinski definition) is 4. The van der Waals surface area contributed by atoms with Crippen molar-refractivity contribution in [2.45, 2.75) is 116 Å². The molecule has 3 atom stereocenters. The fraction of sp³-hybridized carbons (Fsp3) is 0.568. The summed E-state index contributed by atoms with van der Waals surface area (Å²) in [6.45, 7) is 5.92. The van der Waals surface area contributed by atoms with E-state index in [1.54, 1.807) is 13.8 Å². The van der Waals surface area contributed by atoms with Crippen molar-refractivity contribution in [2.24, 2.45) is 5.92 Å². The SMILES string of the molecule is CCC(=O)NCC(=O)NC(CC)C(=O)NC(Cc1ccccc1)C(=O)NC(C)Cc1ccc(OCCCCC2CCCCC2)cc1. The van der Waals surface area contributed by atoms with E-state index in [9.17, 15) is 19.2 Å². The molecule has 1 fully saturated rings. The van der Waals surface area contributed by atoms with Crippen molar-refractivity contribution in [3.05, 3.63) is 65.7 Å². The highest BCUT2D eigenvalue weighted by Crippen LogP contribution is 2.27. The molecule has 0 bridgehead atoms. The number of carbonyl (C=O) groups is 4. The number of amides is 4. The van der Waals surface area contributed by atoms with Gasteiger partial charge in [0.1, 0.15) is 17.8 Å². The third kappa shape index (κ3) is 13.6. The molecule has 1 aliphatic carbocycles. The molecule has 46 heavy (non-hydrogen) atoms. The maximum Gasteiger partial charge on any atom is 0.243 e. The predicted octanol–water partition coefficient (Wildman–Crippen LogP) is 5.01. The van der Waals surface area contributed by atoms with Crippen LogP contribution in [-0.2, 0) is 32.0 Å². The molecular formula is C37H54N4O5. The molecule has 0 aliphatic heterocycles. The van der Waals surface area contributed by atoms with Crippen molar-refractivity contribution in [2.75, 3.05) is 13.2 Å². The van der Waals surface area contributed by atoms with Gasteiger partial charge in [-0.2, -0.15) is 0 Å². The number of carbonyl (C=O) groups excluding carboxylic acids is 4. The molecule has 9 nitrogen and oxygen atoms in total. The summed E-state index contributed by atoms with van der Waals surface area (Å²) < 4.78 is 5.97. The Labute approximate surface area is 275 Å². The van der Waals surface area contributed by atoms with E-state index in [1.165, 1.54) is 44.9 Å². The molecule has 1 aliphatic rings. The van der Waals surface area contributed by atoms with E-state index >= 15 is 0 Å². The number of benzene rings is 2. The van der Waals surface area contributed by atoms with Crippen LogP contribution >= 0.6 is 0 Å². The summed E-state index contributed by atoms with van der Waals surface area (Å²) in [5, 5.41) is 11.1. The molecule has 9 heteroatoms. The lowest BCUT2D eigenvalue weighted by molar-refractivity contribution is -0.132. The molecule has 0 heterocycles. The molecule has 0 saturated heterocycles. The standard InChI is InChI=1S/C37H54N4O5/c1-4-32(40-35(43)26-38-34(42)5-2)36(44)41-33(25-29-17-10-7-11-18-29)37(45)39-27(3)24-30-19-21-31(22-20-30)46-23-13-12-16-28-14-8-6-9-15-28/h7,10-11,17-22,27-28,32-33H,4-6,8-9,12-16,23-26H2,1-3H3,(H,38,42)(H,39,45)(H,40,43)(H,41,44). The highest BCUT2D eigenvalue weighted by Gasteiger charge is 2.27. The van der Waals surface area contributed by atoms with E-state index in [-0.39, 0.29) is 30.8 Å². The van der Waals surface area contributed by atoms with E-state index in [2.05, 4.69) is 21.3 Å². The van der Waals surface area contributed by atoms with Gasteiger partial charge in [-0.15, -0.1) is 0 Å². The second-order valence-corrected chi connectivity index (χ2v) is 12.5. The molecule has 3 rings (SSSR count). The number of nitrogens with one attached hydrogen (secondary N) is 4. The maximum atomic E-state index is 13.5. The molecule has 0 spiro atoms. The van der Waals surface area contributed by atoms with Gasteiger partial charge in [0, 0.05) is 18.9 Å². The Morgan fingerprint density at radius 3 is 2.11 bits per heavy atom. The van der Waals surface area contributed by atoms with E-state index in [0.717, 1.165) is 35.8 Å². The number of unbranched alkanes of at least 4 members (excludes halogenated alkanes) is 1. The average molecular weight is 635 g/mol. The number of hydrogen-bond acceptors (Lipinski definition) is 5. The molecule has 4 amide bonds. The summed E-state index contributed by atoms with van der Waals surface area (Å²) in [7, 11) is 0. The molecule has 2 aromatic rings. The second kappa shape index (κ2) is 20.3. The van der Waals surface area contributed by atoms with Crippen LogP contribution in [0.15, 0.2) is 54.6 Å². The minimum atomic E-state index is -0.841. The average Bonchev–Trinajstić information content (AvgIpc) is 3.07. The lowest BCUT2D eigenvalue weighted by Crippen LogP contribution is -2.56. The van der Waals surface area contributed by atoms with Crippen LogP contribution in [0.25, 0.3) is 0 Å². The number of rotatable bonds is 19. The van der Waals surface area contributed by atoms with Gasteiger partial charge in [0.2, 0.25) is 23.6 Å². The van der Waals surface area contributed by atoms with E-state index < -0.39 is 23.9 Å². The monoisotopic (exact) mass is 634 g/mol. The van der Waals surface area contributed by atoms with Gasteiger partial charge in [-0.3, -0.25) is 19.2 Å². The van der Waals surface area contributed by atoms with Crippen molar-refractivity contribution in [3.8, 4) is 5.75 Å². The topological polar surface area (TPSA) is 126 Å². The molecule has 3 unspecified atom stereocenters. The first-order valence-electron chi connectivity index (χ1n) is 17.2. The van der Waals surface area contributed by atoms with Crippen LogP contribution in [0.4, 0.5) is 0 Å². The zero-order chi connectivity index (χ0) is 33.1. The quantitative estimate of drug-likeness (QED) is 0.162. The summed E-state index contributed by atoms with van der Waals surface area (Å²) >= 11 is 0. The molecule has 1 saturated carbocycles. The van der Waals surface area contributed by atoms with Crippen LogP contribution in [0.2, 0.25) is 0 Å². The summed E-state index contributed by atoms with van der Waals surface area (Å²) in [4.78, 5) is 50.5. The van der Waals surface area contributed by atoms with E-state index in [1.807, 2.05) is 61.5 Å². The van der Waals surface area contributed by atoms with Gasteiger partial charge in [-0.1, -0.05) is 94.8 Å². The van der Waals surface area contributed by atoms with Crippen LogP contribution in [0, 0.1) is 5.92 Å². The highest BCUT2D eigenvalue weighted by atomic mass is 16.5. The van der Waals surface area contributed by atoms with Crippen molar-refractivity contribution < 1.29 is 23.9 Å². The molecular weight excluding hydrogens is 580 g/mol. The van der Waals surface area contributed by atoms with Crippen LogP contribution in [0.5, 0.6) is 5.75 Å². The fourth-order valence-corrected chi connectivity index (χ4v) is 5.90. The predicted molar refractivity (Wildman–Crippen MR) is 181 cm³/mol. The van der Waals surface area contributed by atoms with Crippen LogP contribution in [-0.4, -0.2) is 54.9 Å². The zero-order valence-corrected chi connectivity index (χ0v) is 27.9. The molecule has 0 aromatic heterocycles. The Balaban J connectivity index is 1.49. The van der Waals surface area contributed by atoms with Gasteiger partial charge >= 0.3 is 0 Å². The second-order valence-electron chi connectivity index (χ2n) is 12.5. The Morgan fingerprint density at radius 1 is 0.761 bits per heavy atom. The smallest absolute Gasteiger partial charge is 0.243 e. The summed E-state index contributed by atoms with van der Waals surface area (Å²) in [5.41, 5.74) is 1.98. The lowest BCUT2D eigenvalue weighted by atomic mass is 9.86. The van der Waals surface area contributed by atoms with Crippen LogP contribution in [0.3, 0.4) is 0 Å². The number of ether oxygens (including phenoxy) is 1. The minimum absolute atomic E-state index is 0.182. The highest BCUT2D eigenvalue weighted by molar-refractivity contribution is 5.93. The fourth-order valence-electron chi connectivity index (χ4n) is 5.90. The summed E-state index contributed by atoms with van der Waals surface area (Å²) in [6, 6.07) is 15.7. The maximum absolute atomic E-state index is 13.5. The van der Waals surface area contributed by atoms with Gasteiger partial charge in [-0.05, 0) is 61.8 Å². The van der Waals surface area contributed by atoms with Gasteiger partial charge < -0.3 is 26.0 Å². The summed E-state index contributed by atoms with van der Waals surface area (Å²) in [6.07, 6.45) is 12.1. The Bertz CT molecular complexity index is 1210. The lowest BCUT2D eigenvalue weighted by Gasteiger charge is -2.24. The first kappa shape index (κ1) is 36.6. The van der Waals surface area contributed by atoms with Crippen LogP contribution < -0.4 is 26.0 Å². The van der Waals surface area contributed by atoms with Gasteiger partial charge in [0.05, 0.1) is 13.2 Å². The molecule has 2 aromatic carbocycles. The zero-order valence-electron chi connectivity index (χ0n) is 27.9. The molecule has 0 radical (unpaired) electrons. The van der Waals surface area contributed by atoms with Gasteiger partial charge in [-0.25, -0.2) is 0 Å². The third-order valence-corrected chi connectivity index (χ3v) is 8.60. The Morgan fingerprint density at radius 2 is 1.43 bits per heavy atom. The first-order valence-corrected chi connectivity index (χ1v) is 17.2. The normalized spacial score (nSPS) is 15.2. The van der Waals surface area contributed by atoms with E-state index in [0.29, 0.717) is 19.3 Å². The molecule has 252 valence electrons. The van der Waals surface area contributed by atoms with Crippen molar-refractivity contribution >= 4 is 23.6 Å². The van der Waals surface area contributed by atoms with Gasteiger partial charge in [0.25, 0.3) is 0 Å². The Hall–Kier alpha value is -3.88. The minimum Gasteiger partial charge on any atom is -0.494 e. The first-order chi connectivity index (χ1) is 22.3.